The zero-order valence-corrected chi connectivity index (χ0v) is 6.16. The van der Waals surface area contributed by atoms with Gasteiger partial charge in [-0.05, 0) is 12.8 Å². The van der Waals surface area contributed by atoms with Gasteiger partial charge in [0.05, 0.1) is 6.07 Å². The molecule has 0 atom stereocenters. The molecule has 1 saturated heterocycles. The molecule has 4 nitrogen and oxygen atoms in total. The largest absolute Gasteiger partial charge is 0.381 e. The molecule has 0 spiro atoms. The lowest BCUT2D eigenvalue weighted by Gasteiger charge is -2.31. The first-order chi connectivity index (χ1) is 5.21. The lowest BCUT2D eigenvalue weighted by molar-refractivity contribution is -0.142. The molecule has 1 rings (SSSR count). The minimum atomic E-state index is -1.55. The summed E-state index contributed by atoms with van der Waals surface area (Å²) in [4.78, 5) is 0. The molecule has 2 N–H and O–H groups in total. The first kappa shape index (κ1) is 8.47. The molecular formula is C7H11NO3. The van der Waals surface area contributed by atoms with Gasteiger partial charge in [0.2, 0.25) is 0 Å². The Bertz CT molecular complexity index is 167. The third kappa shape index (κ3) is 1.51. The van der Waals surface area contributed by atoms with Crippen LogP contribution in [0, 0.1) is 16.7 Å². The van der Waals surface area contributed by atoms with E-state index in [2.05, 4.69) is 0 Å². The van der Waals surface area contributed by atoms with Crippen LogP contribution in [0.5, 0.6) is 0 Å². The Morgan fingerprint density at radius 3 is 2.18 bits per heavy atom. The lowest BCUT2D eigenvalue weighted by atomic mass is 9.81. The Labute approximate surface area is 65.0 Å². The normalized spacial score (nSPS) is 23.1. The van der Waals surface area contributed by atoms with Gasteiger partial charge in [-0.1, -0.05) is 0 Å². The van der Waals surface area contributed by atoms with E-state index in [1.54, 1.807) is 0 Å². The van der Waals surface area contributed by atoms with Crippen molar-refractivity contribution in [2.75, 3.05) is 13.2 Å². The highest BCUT2D eigenvalue weighted by molar-refractivity contribution is 5.01. The zero-order valence-electron chi connectivity index (χ0n) is 6.16. The van der Waals surface area contributed by atoms with Gasteiger partial charge in [0.1, 0.15) is 5.41 Å². The van der Waals surface area contributed by atoms with Crippen LogP contribution >= 0.6 is 0 Å². The highest BCUT2D eigenvalue weighted by Crippen LogP contribution is 2.32. The molecule has 0 unspecified atom stereocenters. The maximum atomic E-state index is 8.91. The van der Waals surface area contributed by atoms with Crippen molar-refractivity contribution in [2.24, 2.45) is 5.41 Å². The van der Waals surface area contributed by atoms with Gasteiger partial charge in [-0.25, -0.2) is 0 Å². The zero-order chi connectivity index (χ0) is 8.32. The summed E-state index contributed by atoms with van der Waals surface area (Å²) in [5.74, 6) is 0. The minimum Gasteiger partial charge on any atom is -0.381 e. The van der Waals surface area contributed by atoms with Crippen LogP contribution in [-0.2, 0) is 4.74 Å². The second kappa shape index (κ2) is 3.18. The van der Waals surface area contributed by atoms with Crippen molar-refractivity contribution >= 4 is 0 Å². The molecular weight excluding hydrogens is 146 g/mol. The predicted molar refractivity (Wildman–Crippen MR) is 36.3 cm³/mol. The highest BCUT2D eigenvalue weighted by Gasteiger charge is 2.39. The van der Waals surface area contributed by atoms with Crippen molar-refractivity contribution in [3.05, 3.63) is 0 Å². The molecule has 1 aliphatic rings. The summed E-state index contributed by atoms with van der Waals surface area (Å²) in [6, 6.07) is 1.94. The standard InChI is InChI=1S/C7H11NO3/c8-5-7(6(9)10)1-3-11-4-2-7/h6,9-10H,1-4H2. The molecule has 62 valence electrons. The Morgan fingerprint density at radius 2 is 1.91 bits per heavy atom. The summed E-state index contributed by atoms with van der Waals surface area (Å²) in [5.41, 5.74) is -0.988. The molecule has 1 fully saturated rings. The van der Waals surface area contributed by atoms with Crippen LogP contribution in [0.15, 0.2) is 0 Å². The molecule has 11 heavy (non-hydrogen) atoms. The van der Waals surface area contributed by atoms with Crippen molar-refractivity contribution in [1.29, 1.82) is 5.26 Å². The minimum absolute atomic E-state index is 0.404. The van der Waals surface area contributed by atoms with Crippen molar-refractivity contribution in [1.82, 2.24) is 0 Å². The fourth-order valence-corrected chi connectivity index (χ4v) is 1.16. The van der Waals surface area contributed by atoms with Crippen LogP contribution in [0.1, 0.15) is 12.8 Å². The van der Waals surface area contributed by atoms with Crippen molar-refractivity contribution < 1.29 is 14.9 Å². The van der Waals surface area contributed by atoms with E-state index in [9.17, 15) is 0 Å². The molecule has 0 amide bonds. The van der Waals surface area contributed by atoms with Crippen LogP contribution in [-0.4, -0.2) is 29.7 Å². The van der Waals surface area contributed by atoms with Crippen molar-refractivity contribution in [3.63, 3.8) is 0 Å². The van der Waals surface area contributed by atoms with E-state index in [0.29, 0.717) is 26.1 Å². The monoisotopic (exact) mass is 157 g/mol. The second-order valence-corrected chi connectivity index (χ2v) is 2.75. The number of hydrogen-bond acceptors (Lipinski definition) is 4. The van der Waals surface area contributed by atoms with Crippen LogP contribution < -0.4 is 0 Å². The van der Waals surface area contributed by atoms with Gasteiger partial charge >= 0.3 is 0 Å². The van der Waals surface area contributed by atoms with E-state index in [4.69, 9.17) is 20.2 Å². The third-order valence-electron chi connectivity index (χ3n) is 2.10. The maximum absolute atomic E-state index is 8.91. The number of hydrogen-bond donors (Lipinski definition) is 2. The highest BCUT2D eigenvalue weighted by atomic mass is 16.5. The average Bonchev–Trinajstić information content (AvgIpc) is 2.05. The summed E-state index contributed by atoms with van der Waals surface area (Å²) in [7, 11) is 0. The Kier molecular flexibility index (Phi) is 2.45. The van der Waals surface area contributed by atoms with Gasteiger partial charge in [0.25, 0.3) is 0 Å². The van der Waals surface area contributed by atoms with Gasteiger partial charge in [-0.15, -0.1) is 0 Å². The molecule has 0 aromatic carbocycles. The Balaban J connectivity index is 2.67. The number of rotatable bonds is 1. The quantitative estimate of drug-likeness (QED) is 0.509. The molecule has 1 heterocycles. The van der Waals surface area contributed by atoms with Gasteiger partial charge in [0.15, 0.2) is 6.29 Å². The number of nitriles is 1. The van der Waals surface area contributed by atoms with Gasteiger partial charge in [-0.3, -0.25) is 0 Å². The average molecular weight is 157 g/mol. The fourth-order valence-electron chi connectivity index (χ4n) is 1.16. The molecule has 0 saturated carbocycles. The SMILES string of the molecule is N#CC1(C(O)O)CCOCC1. The molecule has 0 aromatic rings. The third-order valence-corrected chi connectivity index (χ3v) is 2.10. The Hall–Kier alpha value is -0.630. The summed E-state index contributed by atoms with van der Waals surface area (Å²) in [6.45, 7) is 0.871. The molecule has 0 radical (unpaired) electrons. The van der Waals surface area contributed by atoms with Crippen LogP contribution in [0.3, 0.4) is 0 Å². The number of ether oxygens (including phenoxy) is 1. The number of nitrogens with zero attached hydrogens (tertiary/aromatic N) is 1. The lowest BCUT2D eigenvalue weighted by Crippen LogP contribution is -2.39. The van der Waals surface area contributed by atoms with Crippen molar-refractivity contribution in [2.45, 2.75) is 19.1 Å². The summed E-state index contributed by atoms with van der Waals surface area (Å²) in [5, 5.41) is 26.5. The van der Waals surface area contributed by atoms with E-state index < -0.39 is 11.7 Å². The van der Waals surface area contributed by atoms with E-state index >= 15 is 0 Å². The van der Waals surface area contributed by atoms with Crippen LogP contribution in [0.2, 0.25) is 0 Å². The van der Waals surface area contributed by atoms with Crippen molar-refractivity contribution in [3.8, 4) is 6.07 Å². The van der Waals surface area contributed by atoms with Gasteiger partial charge in [-0.2, -0.15) is 5.26 Å². The van der Waals surface area contributed by atoms with E-state index in [-0.39, 0.29) is 0 Å². The topological polar surface area (TPSA) is 73.5 Å². The van der Waals surface area contributed by atoms with Gasteiger partial charge < -0.3 is 14.9 Å². The molecule has 0 aromatic heterocycles. The van der Waals surface area contributed by atoms with E-state index in [1.807, 2.05) is 6.07 Å². The maximum Gasteiger partial charge on any atom is 0.170 e. The smallest absolute Gasteiger partial charge is 0.170 e. The first-order valence-corrected chi connectivity index (χ1v) is 3.56. The van der Waals surface area contributed by atoms with Crippen LogP contribution in [0.4, 0.5) is 0 Å². The molecule has 0 aliphatic carbocycles. The molecule has 1 aliphatic heterocycles. The van der Waals surface area contributed by atoms with Crippen LogP contribution in [0.25, 0.3) is 0 Å². The number of aliphatic hydroxyl groups excluding tert-OH is 1. The summed E-state index contributed by atoms with van der Waals surface area (Å²) >= 11 is 0. The molecule has 4 heteroatoms. The van der Waals surface area contributed by atoms with E-state index in [0.717, 1.165) is 0 Å². The first-order valence-electron chi connectivity index (χ1n) is 3.56. The summed E-state index contributed by atoms with van der Waals surface area (Å²) in [6.07, 6.45) is -0.737. The Morgan fingerprint density at radius 1 is 1.36 bits per heavy atom. The second-order valence-electron chi connectivity index (χ2n) is 2.75. The summed E-state index contributed by atoms with van der Waals surface area (Å²) < 4.78 is 5.00. The molecule has 0 bridgehead atoms. The fraction of sp³-hybridized carbons (Fsp3) is 0.857. The van der Waals surface area contributed by atoms with Gasteiger partial charge in [0, 0.05) is 13.2 Å². The van der Waals surface area contributed by atoms with E-state index in [1.165, 1.54) is 0 Å². The number of aliphatic hydroxyl groups is 2. The predicted octanol–water partition coefficient (Wildman–Crippen LogP) is -0.383.